The van der Waals surface area contributed by atoms with E-state index < -0.39 is 0 Å². The normalized spacial score (nSPS) is 18.8. The standard InChI is InChI=1S/C14H17N5O3S/c1-9-16-13(22-17-9)12-3-4-18(5-6-19(12)10(2)20)14(21)11-7-23-8-15-11/h7-8,12H,3-6H2,1-2H3. The number of thiazole rings is 1. The predicted octanol–water partition coefficient (Wildman–Crippen LogP) is 1.27. The van der Waals surface area contributed by atoms with Gasteiger partial charge < -0.3 is 14.3 Å². The number of rotatable bonds is 2. The Morgan fingerprint density at radius 1 is 1.35 bits per heavy atom. The molecule has 0 bridgehead atoms. The highest BCUT2D eigenvalue weighted by atomic mass is 32.1. The van der Waals surface area contributed by atoms with Crippen LogP contribution < -0.4 is 0 Å². The van der Waals surface area contributed by atoms with E-state index in [1.165, 1.54) is 18.3 Å². The van der Waals surface area contributed by atoms with E-state index in [-0.39, 0.29) is 17.9 Å². The molecule has 1 unspecified atom stereocenters. The highest BCUT2D eigenvalue weighted by Crippen LogP contribution is 2.26. The number of carbonyl (C=O) groups is 2. The molecule has 0 saturated carbocycles. The highest BCUT2D eigenvalue weighted by Gasteiger charge is 2.32. The molecule has 122 valence electrons. The van der Waals surface area contributed by atoms with E-state index in [0.717, 1.165) is 0 Å². The van der Waals surface area contributed by atoms with Gasteiger partial charge in [-0.05, 0) is 13.3 Å². The van der Waals surface area contributed by atoms with Gasteiger partial charge in [-0.25, -0.2) is 4.98 Å². The van der Waals surface area contributed by atoms with E-state index in [0.29, 0.717) is 43.5 Å². The highest BCUT2D eigenvalue weighted by molar-refractivity contribution is 7.07. The lowest BCUT2D eigenvalue weighted by Gasteiger charge is -2.25. The van der Waals surface area contributed by atoms with Crippen molar-refractivity contribution in [3.05, 3.63) is 28.3 Å². The maximum absolute atomic E-state index is 12.5. The number of amides is 2. The van der Waals surface area contributed by atoms with Gasteiger partial charge in [-0.3, -0.25) is 9.59 Å². The lowest BCUT2D eigenvalue weighted by Crippen LogP contribution is -2.37. The van der Waals surface area contributed by atoms with Crippen LogP contribution in [0, 0.1) is 6.92 Å². The predicted molar refractivity (Wildman–Crippen MR) is 81.8 cm³/mol. The van der Waals surface area contributed by atoms with Crippen molar-refractivity contribution >= 4 is 23.2 Å². The van der Waals surface area contributed by atoms with Crippen molar-refractivity contribution in [2.24, 2.45) is 0 Å². The Kier molecular flexibility index (Phi) is 4.37. The van der Waals surface area contributed by atoms with Crippen LogP contribution in [0.3, 0.4) is 0 Å². The Labute approximate surface area is 137 Å². The number of nitrogens with zero attached hydrogens (tertiary/aromatic N) is 5. The largest absolute Gasteiger partial charge is 0.337 e. The van der Waals surface area contributed by atoms with E-state index in [9.17, 15) is 9.59 Å². The number of hydrogen-bond acceptors (Lipinski definition) is 7. The second kappa shape index (κ2) is 6.45. The van der Waals surface area contributed by atoms with Crippen molar-refractivity contribution in [2.45, 2.75) is 26.3 Å². The molecule has 0 radical (unpaired) electrons. The van der Waals surface area contributed by atoms with Crippen molar-refractivity contribution < 1.29 is 14.1 Å². The smallest absolute Gasteiger partial charge is 0.273 e. The summed E-state index contributed by atoms with van der Waals surface area (Å²) in [6.45, 7) is 4.64. The van der Waals surface area contributed by atoms with Crippen molar-refractivity contribution in [1.29, 1.82) is 0 Å². The summed E-state index contributed by atoms with van der Waals surface area (Å²) >= 11 is 1.39. The van der Waals surface area contributed by atoms with E-state index in [2.05, 4.69) is 15.1 Å². The zero-order chi connectivity index (χ0) is 16.4. The van der Waals surface area contributed by atoms with Crippen LogP contribution in [0.15, 0.2) is 15.4 Å². The Morgan fingerprint density at radius 2 is 2.17 bits per heavy atom. The zero-order valence-corrected chi connectivity index (χ0v) is 13.7. The van der Waals surface area contributed by atoms with Gasteiger partial charge in [0.15, 0.2) is 5.82 Å². The van der Waals surface area contributed by atoms with Crippen LogP contribution in [0.2, 0.25) is 0 Å². The molecule has 1 fully saturated rings. The number of hydrogen-bond donors (Lipinski definition) is 0. The summed E-state index contributed by atoms with van der Waals surface area (Å²) in [5.74, 6) is 0.759. The number of aromatic nitrogens is 3. The van der Waals surface area contributed by atoms with Gasteiger partial charge in [-0.15, -0.1) is 11.3 Å². The molecule has 1 aliphatic rings. The Hall–Kier alpha value is -2.29. The lowest BCUT2D eigenvalue weighted by molar-refractivity contribution is -0.131. The molecule has 0 aliphatic carbocycles. The zero-order valence-electron chi connectivity index (χ0n) is 12.9. The van der Waals surface area contributed by atoms with Gasteiger partial charge in [0.25, 0.3) is 5.91 Å². The van der Waals surface area contributed by atoms with Crippen LogP contribution in [-0.4, -0.2) is 56.4 Å². The van der Waals surface area contributed by atoms with E-state index >= 15 is 0 Å². The topological polar surface area (TPSA) is 92.4 Å². The van der Waals surface area contributed by atoms with Crippen molar-refractivity contribution in [1.82, 2.24) is 24.9 Å². The number of aryl methyl sites for hydroxylation is 1. The first kappa shape index (κ1) is 15.6. The molecule has 1 atom stereocenters. The van der Waals surface area contributed by atoms with E-state index in [1.807, 2.05) is 0 Å². The summed E-state index contributed by atoms with van der Waals surface area (Å²) in [7, 11) is 0. The molecule has 1 aliphatic heterocycles. The van der Waals surface area contributed by atoms with Gasteiger partial charge in [-0.2, -0.15) is 4.98 Å². The van der Waals surface area contributed by atoms with Crippen LogP contribution in [0.5, 0.6) is 0 Å². The van der Waals surface area contributed by atoms with Gasteiger partial charge in [0.2, 0.25) is 11.8 Å². The molecule has 8 nitrogen and oxygen atoms in total. The summed E-state index contributed by atoms with van der Waals surface area (Å²) in [5.41, 5.74) is 2.08. The lowest BCUT2D eigenvalue weighted by atomic mass is 10.1. The molecular formula is C14H17N5O3S. The second-order valence-electron chi connectivity index (χ2n) is 5.36. The molecule has 2 aromatic heterocycles. The third-order valence-corrected chi connectivity index (χ3v) is 4.42. The molecule has 3 heterocycles. The van der Waals surface area contributed by atoms with Gasteiger partial charge in [-0.1, -0.05) is 5.16 Å². The first-order valence-corrected chi connectivity index (χ1v) is 8.25. The van der Waals surface area contributed by atoms with Gasteiger partial charge in [0.1, 0.15) is 11.7 Å². The maximum atomic E-state index is 12.5. The fourth-order valence-corrected chi connectivity index (χ4v) is 3.22. The Morgan fingerprint density at radius 3 is 2.78 bits per heavy atom. The first-order chi connectivity index (χ1) is 11.1. The third kappa shape index (κ3) is 3.24. The average Bonchev–Trinajstić information content (AvgIpc) is 3.14. The summed E-state index contributed by atoms with van der Waals surface area (Å²) < 4.78 is 5.24. The van der Waals surface area contributed by atoms with Crippen molar-refractivity contribution in [3.63, 3.8) is 0 Å². The second-order valence-corrected chi connectivity index (χ2v) is 6.08. The Balaban J connectivity index is 1.80. The van der Waals surface area contributed by atoms with Crippen LogP contribution >= 0.6 is 11.3 Å². The molecule has 0 spiro atoms. The van der Waals surface area contributed by atoms with Gasteiger partial charge in [0, 0.05) is 31.9 Å². The molecule has 3 rings (SSSR count). The minimum absolute atomic E-state index is 0.0752. The molecular weight excluding hydrogens is 318 g/mol. The maximum Gasteiger partial charge on any atom is 0.273 e. The van der Waals surface area contributed by atoms with E-state index in [4.69, 9.17) is 4.52 Å². The fraction of sp³-hybridized carbons (Fsp3) is 0.500. The monoisotopic (exact) mass is 335 g/mol. The molecule has 0 aromatic carbocycles. The average molecular weight is 335 g/mol. The molecule has 1 saturated heterocycles. The van der Waals surface area contributed by atoms with E-state index in [1.54, 1.807) is 27.6 Å². The van der Waals surface area contributed by atoms with Crippen LogP contribution in [0.4, 0.5) is 0 Å². The van der Waals surface area contributed by atoms with Crippen molar-refractivity contribution in [3.8, 4) is 0 Å². The summed E-state index contributed by atoms with van der Waals surface area (Å²) in [6, 6.07) is -0.304. The SMILES string of the molecule is CC(=O)N1CCN(C(=O)c2cscn2)CCC1c1nc(C)no1. The first-order valence-electron chi connectivity index (χ1n) is 7.31. The van der Waals surface area contributed by atoms with Gasteiger partial charge >= 0.3 is 0 Å². The molecule has 0 N–H and O–H groups in total. The summed E-state index contributed by atoms with van der Waals surface area (Å²) in [4.78, 5) is 36.1. The van der Waals surface area contributed by atoms with Gasteiger partial charge in [0.05, 0.1) is 5.51 Å². The van der Waals surface area contributed by atoms with Crippen molar-refractivity contribution in [2.75, 3.05) is 19.6 Å². The summed E-state index contributed by atoms with van der Waals surface area (Å²) in [6.07, 6.45) is 0.553. The molecule has 23 heavy (non-hydrogen) atoms. The van der Waals surface area contributed by atoms with Crippen LogP contribution in [-0.2, 0) is 4.79 Å². The number of carbonyl (C=O) groups excluding carboxylic acids is 2. The molecule has 2 amide bonds. The Bertz CT molecular complexity index is 699. The summed E-state index contributed by atoms with van der Waals surface area (Å²) in [5, 5.41) is 5.53. The fourth-order valence-electron chi connectivity index (χ4n) is 2.70. The third-order valence-electron chi connectivity index (χ3n) is 3.83. The van der Waals surface area contributed by atoms with Crippen LogP contribution in [0.25, 0.3) is 0 Å². The minimum Gasteiger partial charge on any atom is -0.337 e. The molecule has 9 heteroatoms. The quantitative estimate of drug-likeness (QED) is 0.820. The minimum atomic E-state index is -0.304. The molecule has 2 aromatic rings. The van der Waals surface area contributed by atoms with Crippen LogP contribution in [0.1, 0.15) is 41.6 Å².